The minimum absolute atomic E-state index is 0.00555. The summed E-state index contributed by atoms with van der Waals surface area (Å²) in [5.74, 6) is -0.121. The van der Waals surface area contributed by atoms with Crippen LogP contribution in [-0.4, -0.2) is 45.4 Å². The van der Waals surface area contributed by atoms with Crippen molar-refractivity contribution in [2.75, 3.05) is 26.2 Å². The highest BCUT2D eigenvalue weighted by Crippen LogP contribution is 2.39. The number of nitrogens with one attached hydrogen (secondary N) is 2. The first-order valence-electron chi connectivity index (χ1n) is 7.84. The standard InChI is InChI=1S/C17H16FIN4O/c1-9-14(18)11(4-20)2-10-3-13(22-15(9)10)16(24)23-6-12-5-21-7-17(12,19)8-23/h2-3,12,21-22H,5-8H2,1H3/t12-,17-/m0/s1. The predicted octanol–water partition coefficient (Wildman–Crippen LogP) is 2.34. The fourth-order valence-corrected chi connectivity index (χ4v) is 4.89. The molecule has 2 aliphatic heterocycles. The summed E-state index contributed by atoms with van der Waals surface area (Å²) < 4.78 is 14.2. The molecule has 2 aromatic rings. The fraction of sp³-hybridized carbons (Fsp3) is 0.412. The Hall–Kier alpha value is -1.66. The lowest BCUT2D eigenvalue weighted by Gasteiger charge is -2.20. The van der Waals surface area contributed by atoms with Crippen LogP contribution in [0.2, 0.25) is 0 Å². The molecule has 0 spiro atoms. The summed E-state index contributed by atoms with van der Waals surface area (Å²) in [6, 6.07) is 5.07. The Morgan fingerprint density at radius 2 is 2.33 bits per heavy atom. The highest BCUT2D eigenvalue weighted by molar-refractivity contribution is 14.1. The van der Waals surface area contributed by atoms with Crippen molar-refractivity contribution in [3.8, 4) is 6.07 Å². The monoisotopic (exact) mass is 438 g/mol. The fourth-order valence-electron chi connectivity index (χ4n) is 3.79. The van der Waals surface area contributed by atoms with Gasteiger partial charge in [-0.1, -0.05) is 22.6 Å². The van der Waals surface area contributed by atoms with Crippen molar-refractivity contribution in [1.29, 1.82) is 5.26 Å². The molecule has 7 heteroatoms. The van der Waals surface area contributed by atoms with Crippen LogP contribution in [0.5, 0.6) is 0 Å². The van der Waals surface area contributed by atoms with Crippen LogP contribution in [0.3, 0.4) is 0 Å². The van der Waals surface area contributed by atoms with Gasteiger partial charge in [-0.15, -0.1) is 0 Å². The number of aryl methyl sites for hydroxylation is 1. The lowest BCUT2D eigenvalue weighted by Crippen LogP contribution is -2.36. The second-order valence-corrected chi connectivity index (χ2v) is 8.82. The third kappa shape index (κ3) is 2.24. The number of nitriles is 1. The zero-order valence-electron chi connectivity index (χ0n) is 13.1. The highest BCUT2D eigenvalue weighted by Gasteiger charge is 2.49. The number of aromatic nitrogens is 1. The summed E-state index contributed by atoms with van der Waals surface area (Å²) in [5.41, 5.74) is 1.41. The molecule has 2 saturated heterocycles. The van der Waals surface area contributed by atoms with Crippen molar-refractivity contribution in [3.63, 3.8) is 0 Å². The molecule has 3 heterocycles. The zero-order valence-corrected chi connectivity index (χ0v) is 15.3. The number of rotatable bonds is 1. The molecule has 2 N–H and O–H groups in total. The number of nitrogens with zero attached hydrogens (tertiary/aromatic N) is 2. The summed E-state index contributed by atoms with van der Waals surface area (Å²) in [7, 11) is 0. The smallest absolute Gasteiger partial charge is 0.270 e. The van der Waals surface area contributed by atoms with Gasteiger partial charge in [-0.2, -0.15) is 5.26 Å². The van der Waals surface area contributed by atoms with E-state index in [0.717, 1.165) is 26.2 Å². The number of carbonyl (C=O) groups is 1. The average Bonchev–Trinajstić information content (AvgIpc) is 3.21. The van der Waals surface area contributed by atoms with Gasteiger partial charge >= 0.3 is 0 Å². The van der Waals surface area contributed by atoms with E-state index in [1.165, 1.54) is 6.07 Å². The summed E-state index contributed by atoms with van der Waals surface area (Å²) in [6.45, 7) is 4.94. The van der Waals surface area contributed by atoms with Gasteiger partial charge in [-0.05, 0) is 19.1 Å². The first-order chi connectivity index (χ1) is 11.4. The number of hydrogen-bond donors (Lipinski definition) is 2. The van der Waals surface area contributed by atoms with Gasteiger partial charge in [0.25, 0.3) is 5.91 Å². The van der Waals surface area contributed by atoms with Gasteiger partial charge in [0.1, 0.15) is 17.6 Å². The van der Waals surface area contributed by atoms with Crippen LogP contribution in [0.25, 0.3) is 10.9 Å². The third-order valence-electron chi connectivity index (χ3n) is 5.16. The number of halogens is 2. The molecule has 0 unspecified atom stereocenters. The molecule has 0 bridgehead atoms. The molecular formula is C17H16FIN4O. The number of aromatic amines is 1. The number of fused-ring (bicyclic) bond motifs is 2. The largest absolute Gasteiger partial charge is 0.350 e. The summed E-state index contributed by atoms with van der Waals surface area (Å²) in [5, 5.41) is 13.1. The van der Waals surface area contributed by atoms with Crippen molar-refractivity contribution < 1.29 is 9.18 Å². The lowest BCUT2D eigenvalue weighted by molar-refractivity contribution is 0.0779. The van der Waals surface area contributed by atoms with E-state index in [1.54, 1.807) is 13.0 Å². The molecule has 2 atom stereocenters. The first kappa shape index (κ1) is 15.8. The maximum absolute atomic E-state index is 14.1. The Bertz CT molecular complexity index is 902. The molecule has 1 aromatic heterocycles. The van der Waals surface area contributed by atoms with Crippen molar-refractivity contribution in [2.45, 2.75) is 10.3 Å². The molecule has 2 aliphatic rings. The van der Waals surface area contributed by atoms with Crippen LogP contribution in [0.1, 0.15) is 21.6 Å². The van der Waals surface area contributed by atoms with E-state index in [4.69, 9.17) is 5.26 Å². The summed E-state index contributed by atoms with van der Waals surface area (Å²) >= 11 is 2.47. The zero-order chi connectivity index (χ0) is 17.1. The third-order valence-corrected chi connectivity index (χ3v) is 6.77. The summed E-state index contributed by atoms with van der Waals surface area (Å²) in [6.07, 6.45) is 0. The van der Waals surface area contributed by atoms with Crippen LogP contribution in [0.4, 0.5) is 4.39 Å². The van der Waals surface area contributed by atoms with E-state index in [2.05, 4.69) is 32.9 Å². The minimum Gasteiger partial charge on any atom is -0.350 e. The molecular weight excluding hydrogens is 422 g/mol. The number of alkyl halides is 1. The maximum atomic E-state index is 14.1. The van der Waals surface area contributed by atoms with Crippen LogP contribution in [0.15, 0.2) is 12.1 Å². The second-order valence-electron chi connectivity index (χ2n) is 6.67. The topological polar surface area (TPSA) is 71.9 Å². The molecule has 0 radical (unpaired) electrons. The molecule has 0 aliphatic carbocycles. The second kappa shape index (κ2) is 5.43. The van der Waals surface area contributed by atoms with Crippen LogP contribution < -0.4 is 5.32 Å². The van der Waals surface area contributed by atoms with Crippen molar-refractivity contribution >= 4 is 39.4 Å². The van der Waals surface area contributed by atoms with Crippen LogP contribution >= 0.6 is 22.6 Å². The van der Waals surface area contributed by atoms with Crippen molar-refractivity contribution in [2.24, 2.45) is 5.92 Å². The molecule has 1 amide bonds. The number of hydrogen-bond acceptors (Lipinski definition) is 3. The van der Waals surface area contributed by atoms with Gasteiger partial charge in [0.05, 0.1) is 14.5 Å². The van der Waals surface area contributed by atoms with Crippen LogP contribution in [0, 0.1) is 30.0 Å². The number of H-pyrrole nitrogens is 1. The average molecular weight is 438 g/mol. The Morgan fingerprint density at radius 3 is 3.04 bits per heavy atom. The van der Waals surface area contributed by atoms with E-state index in [0.29, 0.717) is 28.1 Å². The van der Waals surface area contributed by atoms with Gasteiger partial charge in [-0.3, -0.25) is 4.79 Å². The van der Waals surface area contributed by atoms with Crippen molar-refractivity contribution in [3.05, 3.63) is 34.8 Å². The number of amides is 1. The highest BCUT2D eigenvalue weighted by atomic mass is 127. The Kier molecular flexibility index (Phi) is 3.58. The van der Waals surface area contributed by atoms with Crippen LogP contribution in [-0.2, 0) is 0 Å². The normalized spacial score (nSPS) is 25.9. The van der Waals surface area contributed by atoms with E-state index in [1.807, 2.05) is 11.0 Å². The number of likely N-dealkylation sites (tertiary alicyclic amines) is 1. The number of benzene rings is 1. The van der Waals surface area contributed by atoms with Crippen molar-refractivity contribution in [1.82, 2.24) is 15.2 Å². The van der Waals surface area contributed by atoms with E-state index in [9.17, 15) is 9.18 Å². The molecule has 24 heavy (non-hydrogen) atoms. The number of carbonyl (C=O) groups excluding carboxylic acids is 1. The van der Waals surface area contributed by atoms with E-state index < -0.39 is 5.82 Å². The molecule has 2 fully saturated rings. The quantitative estimate of drug-likeness (QED) is 0.531. The molecule has 124 valence electrons. The molecule has 1 aromatic carbocycles. The van der Waals surface area contributed by atoms with Gasteiger partial charge in [0, 0.05) is 43.0 Å². The minimum atomic E-state index is -0.529. The first-order valence-corrected chi connectivity index (χ1v) is 8.91. The Morgan fingerprint density at radius 1 is 1.54 bits per heavy atom. The predicted molar refractivity (Wildman–Crippen MR) is 96.7 cm³/mol. The summed E-state index contributed by atoms with van der Waals surface area (Å²) in [4.78, 5) is 17.8. The molecule has 4 rings (SSSR count). The molecule has 0 saturated carbocycles. The van der Waals surface area contributed by atoms with Gasteiger partial charge in [0.2, 0.25) is 0 Å². The maximum Gasteiger partial charge on any atom is 0.270 e. The van der Waals surface area contributed by atoms with Gasteiger partial charge < -0.3 is 15.2 Å². The Labute approximate surface area is 152 Å². The molecule has 5 nitrogen and oxygen atoms in total. The Balaban J connectivity index is 1.69. The van der Waals surface area contributed by atoms with Gasteiger partial charge in [0.15, 0.2) is 0 Å². The van der Waals surface area contributed by atoms with E-state index >= 15 is 0 Å². The van der Waals surface area contributed by atoms with Gasteiger partial charge in [-0.25, -0.2) is 4.39 Å². The lowest BCUT2D eigenvalue weighted by atomic mass is 10.0. The SMILES string of the molecule is Cc1c(F)c(C#N)cc2cc(C(=O)N3C[C@@H]4CNC[C@]4(I)C3)[nH]c12. The van der Waals surface area contributed by atoms with E-state index in [-0.39, 0.29) is 14.9 Å².